The lowest BCUT2D eigenvalue weighted by Gasteiger charge is -2.31. The van der Waals surface area contributed by atoms with E-state index in [1.54, 1.807) is 6.92 Å². The lowest BCUT2D eigenvalue weighted by molar-refractivity contribution is 0.122. The predicted molar refractivity (Wildman–Crippen MR) is 93.7 cm³/mol. The highest BCUT2D eigenvalue weighted by Gasteiger charge is 2.21. The van der Waals surface area contributed by atoms with E-state index >= 15 is 0 Å². The number of anilines is 2. The van der Waals surface area contributed by atoms with Crippen molar-refractivity contribution in [1.29, 1.82) is 0 Å². The summed E-state index contributed by atoms with van der Waals surface area (Å²) < 4.78 is 10.5. The molecular weight excluding hydrogens is 320 g/mol. The zero-order valence-corrected chi connectivity index (χ0v) is 14.3. The maximum atomic E-state index is 5.47. The molecule has 3 aromatic rings. The third-order valence-electron chi connectivity index (χ3n) is 4.15. The van der Waals surface area contributed by atoms with Crippen LogP contribution in [0.5, 0.6) is 0 Å². The summed E-state index contributed by atoms with van der Waals surface area (Å²) in [7, 11) is 1.97. The number of rotatable bonds is 4. The molecule has 0 aliphatic carbocycles. The van der Waals surface area contributed by atoms with Gasteiger partial charge in [0.1, 0.15) is 0 Å². The van der Waals surface area contributed by atoms with Gasteiger partial charge < -0.3 is 19.1 Å². The Hall–Kier alpha value is -2.74. The molecule has 0 unspecified atom stereocenters. The molecule has 1 aliphatic heterocycles. The van der Waals surface area contributed by atoms with Crippen molar-refractivity contribution in [3.8, 4) is 0 Å². The first-order chi connectivity index (χ1) is 12.2. The Morgan fingerprint density at radius 1 is 1.08 bits per heavy atom. The maximum Gasteiger partial charge on any atom is 0.223 e. The van der Waals surface area contributed by atoms with Gasteiger partial charge in [0.2, 0.25) is 5.89 Å². The molecular formula is C17H20N6O2. The fourth-order valence-corrected chi connectivity index (χ4v) is 2.92. The van der Waals surface area contributed by atoms with E-state index in [-0.39, 0.29) is 0 Å². The van der Waals surface area contributed by atoms with Gasteiger partial charge in [-0.15, -0.1) is 0 Å². The Kier molecular flexibility index (Phi) is 4.19. The van der Waals surface area contributed by atoms with E-state index in [2.05, 4.69) is 15.0 Å². The summed E-state index contributed by atoms with van der Waals surface area (Å²) in [4.78, 5) is 18.2. The van der Waals surface area contributed by atoms with Gasteiger partial charge in [0, 0.05) is 27.1 Å². The highest BCUT2D eigenvalue weighted by molar-refractivity contribution is 5.80. The summed E-state index contributed by atoms with van der Waals surface area (Å²) in [5, 5.41) is 3.98. The van der Waals surface area contributed by atoms with Crippen LogP contribution in [0.25, 0.3) is 11.0 Å². The van der Waals surface area contributed by atoms with E-state index in [9.17, 15) is 0 Å². The van der Waals surface area contributed by atoms with Gasteiger partial charge in [-0.1, -0.05) is 17.3 Å². The minimum Gasteiger partial charge on any atom is -0.378 e. The van der Waals surface area contributed by atoms with Crippen molar-refractivity contribution < 1.29 is 9.26 Å². The lowest BCUT2D eigenvalue weighted by Crippen LogP contribution is -2.38. The van der Waals surface area contributed by atoms with Crippen molar-refractivity contribution in [3.05, 3.63) is 36.0 Å². The van der Waals surface area contributed by atoms with Gasteiger partial charge in [0.05, 0.1) is 30.8 Å². The number of fused-ring (bicyclic) bond motifs is 1. The average molecular weight is 340 g/mol. The molecule has 1 aromatic carbocycles. The molecule has 3 heterocycles. The normalized spacial score (nSPS) is 14.9. The molecule has 0 spiro atoms. The first-order valence-electron chi connectivity index (χ1n) is 8.30. The SMILES string of the molecule is Cc1nc(CN(C)c2nc3ccccc3nc2N2CCOCC2)no1. The van der Waals surface area contributed by atoms with Crippen LogP contribution in [0.2, 0.25) is 0 Å². The van der Waals surface area contributed by atoms with Gasteiger partial charge in [-0.2, -0.15) is 4.98 Å². The second-order valence-corrected chi connectivity index (χ2v) is 6.04. The van der Waals surface area contributed by atoms with Gasteiger partial charge in [0.15, 0.2) is 17.5 Å². The molecule has 0 bridgehead atoms. The number of aryl methyl sites for hydroxylation is 1. The first-order valence-corrected chi connectivity index (χ1v) is 8.30. The summed E-state index contributed by atoms with van der Waals surface area (Å²) >= 11 is 0. The van der Waals surface area contributed by atoms with E-state index in [1.165, 1.54) is 0 Å². The van der Waals surface area contributed by atoms with E-state index in [1.807, 2.05) is 36.2 Å². The van der Waals surface area contributed by atoms with Crippen LogP contribution in [0, 0.1) is 6.92 Å². The van der Waals surface area contributed by atoms with E-state index < -0.39 is 0 Å². The van der Waals surface area contributed by atoms with Crippen molar-refractivity contribution in [2.45, 2.75) is 13.5 Å². The Labute approximate surface area is 145 Å². The van der Waals surface area contributed by atoms with Crippen LogP contribution in [0.4, 0.5) is 11.6 Å². The van der Waals surface area contributed by atoms with Gasteiger partial charge in [-0.25, -0.2) is 9.97 Å². The molecule has 8 heteroatoms. The number of benzene rings is 1. The van der Waals surface area contributed by atoms with Crippen LogP contribution in [0.3, 0.4) is 0 Å². The molecule has 2 aromatic heterocycles. The smallest absolute Gasteiger partial charge is 0.223 e. The van der Waals surface area contributed by atoms with Gasteiger partial charge in [0.25, 0.3) is 0 Å². The largest absolute Gasteiger partial charge is 0.378 e. The quantitative estimate of drug-likeness (QED) is 0.711. The summed E-state index contributed by atoms with van der Waals surface area (Å²) in [6.45, 7) is 5.28. The molecule has 0 radical (unpaired) electrons. The van der Waals surface area contributed by atoms with Gasteiger partial charge in [-0.3, -0.25) is 0 Å². The van der Waals surface area contributed by atoms with Crippen molar-refractivity contribution >= 4 is 22.7 Å². The van der Waals surface area contributed by atoms with Crippen LogP contribution >= 0.6 is 0 Å². The van der Waals surface area contributed by atoms with Gasteiger partial charge >= 0.3 is 0 Å². The summed E-state index contributed by atoms with van der Waals surface area (Å²) in [5.41, 5.74) is 1.75. The summed E-state index contributed by atoms with van der Waals surface area (Å²) in [6.07, 6.45) is 0. The van der Waals surface area contributed by atoms with Crippen molar-refractivity contribution in [2.75, 3.05) is 43.2 Å². The molecule has 130 valence electrons. The number of aromatic nitrogens is 4. The van der Waals surface area contributed by atoms with Crippen molar-refractivity contribution in [3.63, 3.8) is 0 Å². The van der Waals surface area contributed by atoms with Crippen LogP contribution in [-0.4, -0.2) is 53.5 Å². The third-order valence-corrected chi connectivity index (χ3v) is 4.15. The zero-order chi connectivity index (χ0) is 17.2. The summed E-state index contributed by atoms with van der Waals surface area (Å²) in [5.74, 6) is 2.86. The first kappa shape index (κ1) is 15.8. The Morgan fingerprint density at radius 2 is 1.80 bits per heavy atom. The minimum absolute atomic E-state index is 0.502. The Balaban J connectivity index is 1.73. The highest BCUT2D eigenvalue weighted by Crippen LogP contribution is 2.28. The molecule has 1 saturated heterocycles. The molecule has 1 fully saturated rings. The number of morpholine rings is 1. The topological polar surface area (TPSA) is 80.4 Å². The predicted octanol–water partition coefficient (Wildman–Crippen LogP) is 1.79. The average Bonchev–Trinajstić information content (AvgIpc) is 3.06. The standard InChI is InChI=1S/C17H20N6O2/c1-12-18-15(21-25-12)11-22(2)16-17(23-7-9-24-10-8-23)20-14-6-4-3-5-13(14)19-16/h3-6H,7-11H2,1-2H3. The maximum absolute atomic E-state index is 5.47. The van der Waals surface area contributed by atoms with Crippen LogP contribution in [-0.2, 0) is 11.3 Å². The van der Waals surface area contributed by atoms with Crippen molar-refractivity contribution in [2.24, 2.45) is 0 Å². The minimum atomic E-state index is 0.502. The Morgan fingerprint density at radius 3 is 2.48 bits per heavy atom. The fourth-order valence-electron chi connectivity index (χ4n) is 2.92. The molecule has 0 saturated carbocycles. The lowest BCUT2D eigenvalue weighted by atomic mass is 10.3. The van der Waals surface area contributed by atoms with Crippen LogP contribution in [0.15, 0.2) is 28.8 Å². The highest BCUT2D eigenvalue weighted by atomic mass is 16.5. The molecule has 8 nitrogen and oxygen atoms in total. The van der Waals surface area contributed by atoms with Crippen LogP contribution < -0.4 is 9.80 Å². The number of hydrogen-bond donors (Lipinski definition) is 0. The van der Waals surface area contributed by atoms with Gasteiger partial charge in [-0.05, 0) is 12.1 Å². The Bertz CT molecular complexity index is 874. The van der Waals surface area contributed by atoms with E-state index in [0.717, 1.165) is 35.8 Å². The number of ether oxygens (including phenoxy) is 1. The number of hydrogen-bond acceptors (Lipinski definition) is 8. The molecule has 25 heavy (non-hydrogen) atoms. The molecule has 0 atom stereocenters. The molecule has 4 rings (SSSR count). The third kappa shape index (κ3) is 3.25. The van der Waals surface area contributed by atoms with Crippen molar-refractivity contribution in [1.82, 2.24) is 20.1 Å². The van der Waals surface area contributed by atoms with E-state index in [4.69, 9.17) is 19.2 Å². The number of nitrogens with zero attached hydrogens (tertiary/aromatic N) is 6. The second-order valence-electron chi connectivity index (χ2n) is 6.04. The molecule has 0 N–H and O–H groups in total. The monoisotopic (exact) mass is 340 g/mol. The van der Waals surface area contributed by atoms with E-state index in [0.29, 0.717) is 31.5 Å². The fraction of sp³-hybridized carbons (Fsp3) is 0.412. The summed E-state index contributed by atoms with van der Waals surface area (Å²) in [6, 6.07) is 7.91. The second kappa shape index (κ2) is 6.64. The molecule has 0 amide bonds. The number of para-hydroxylation sites is 2. The van der Waals surface area contributed by atoms with Crippen LogP contribution in [0.1, 0.15) is 11.7 Å². The molecule has 1 aliphatic rings. The zero-order valence-electron chi connectivity index (χ0n) is 14.3.